The fourth-order valence-corrected chi connectivity index (χ4v) is 6.78. The highest BCUT2D eigenvalue weighted by atomic mass is 79.9. The first-order valence-electron chi connectivity index (χ1n) is 14.5. The van der Waals surface area contributed by atoms with E-state index in [1.165, 1.54) is 0 Å². The second-order valence-corrected chi connectivity index (χ2v) is 12.6. The summed E-state index contributed by atoms with van der Waals surface area (Å²) in [6, 6.07) is 19.1. The smallest absolute Gasteiger partial charge is 0.322 e. The number of amides is 4. The van der Waals surface area contributed by atoms with E-state index in [0.717, 1.165) is 23.4 Å². The topological polar surface area (TPSA) is 137 Å². The Kier molecular flexibility index (Phi) is 10.2. The number of piperidine rings is 1. The Bertz CT molecular complexity index is 1520. The standard InChI is InChI=1S/C32H34Br2N6O4/c33-24-16-21(17-25(34)30(24)35)28(41)18-27(37-29(42)19-36-22-7-2-1-3-8-22)31(43)39-13-11-23(12-14-39)40-15-10-20-6-4-5-9-26(20)38-32(40)44/h1-9,16-17,23,27,36H,10-15,18-19,35H2,(H,37,42)(H,38,44)/t27-/m1/s1. The number of benzene rings is 3. The van der Waals surface area contributed by atoms with Crippen molar-refractivity contribution in [3.8, 4) is 0 Å². The fraction of sp³-hybridized carbons (Fsp3) is 0.312. The van der Waals surface area contributed by atoms with Crippen LogP contribution in [0.5, 0.6) is 0 Å². The van der Waals surface area contributed by atoms with E-state index in [1.54, 1.807) is 17.0 Å². The molecule has 2 heterocycles. The summed E-state index contributed by atoms with van der Waals surface area (Å²) in [4.78, 5) is 56.7. The molecule has 12 heteroatoms. The molecule has 2 aliphatic heterocycles. The Morgan fingerprint density at radius 3 is 2.32 bits per heavy atom. The minimum absolute atomic E-state index is 0.0254. The quantitative estimate of drug-likeness (QED) is 0.180. The maximum Gasteiger partial charge on any atom is 0.322 e. The average Bonchev–Trinajstić information content (AvgIpc) is 3.20. The number of nitrogens with one attached hydrogen (secondary N) is 3. The van der Waals surface area contributed by atoms with E-state index in [0.29, 0.717) is 52.7 Å². The van der Waals surface area contributed by atoms with Gasteiger partial charge in [-0.2, -0.15) is 0 Å². The van der Waals surface area contributed by atoms with Crippen LogP contribution in [0, 0.1) is 0 Å². The zero-order valence-corrected chi connectivity index (χ0v) is 27.2. The van der Waals surface area contributed by atoms with E-state index in [2.05, 4.69) is 47.8 Å². The summed E-state index contributed by atoms with van der Waals surface area (Å²) >= 11 is 6.74. The highest BCUT2D eigenvalue weighted by Gasteiger charge is 2.34. The molecule has 1 saturated heterocycles. The van der Waals surface area contributed by atoms with Crippen LogP contribution in [0.1, 0.15) is 35.2 Å². The van der Waals surface area contributed by atoms with Gasteiger partial charge >= 0.3 is 6.03 Å². The first kappa shape index (κ1) is 31.5. The van der Waals surface area contributed by atoms with Crippen LogP contribution in [-0.2, 0) is 16.0 Å². The van der Waals surface area contributed by atoms with E-state index in [4.69, 9.17) is 5.73 Å². The number of nitrogens with zero attached hydrogens (tertiary/aromatic N) is 2. The molecule has 0 aromatic heterocycles. The third-order valence-electron chi connectivity index (χ3n) is 8.01. The van der Waals surface area contributed by atoms with Gasteiger partial charge in [0.25, 0.3) is 0 Å². The maximum atomic E-state index is 13.8. The number of halogens is 2. The second kappa shape index (κ2) is 14.3. The minimum Gasteiger partial charge on any atom is -0.397 e. The lowest BCUT2D eigenvalue weighted by molar-refractivity contribution is -0.137. The number of nitrogen functional groups attached to an aromatic ring is 1. The van der Waals surface area contributed by atoms with Crippen LogP contribution in [0.3, 0.4) is 0 Å². The van der Waals surface area contributed by atoms with Crippen molar-refractivity contribution >= 4 is 72.6 Å². The van der Waals surface area contributed by atoms with Crippen molar-refractivity contribution in [2.45, 2.75) is 37.8 Å². The number of urea groups is 1. The third kappa shape index (κ3) is 7.59. The number of likely N-dealkylation sites (tertiary alicyclic amines) is 1. The Hall–Kier alpha value is -3.90. The normalized spacial score (nSPS) is 15.9. The highest BCUT2D eigenvalue weighted by Crippen LogP contribution is 2.30. The number of Topliss-reactive ketones (excluding diaryl/α,β-unsaturated/α-hetero) is 1. The summed E-state index contributed by atoms with van der Waals surface area (Å²) < 4.78 is 1.11. The molecule has 10 nitrogen and oxygen atoms in total. The molecule has 4 amide bonds. The van der Waals surface area contributed by atoms with Crippen LogP contribution in [0.2, 0.25) is 0 Å². The van der Waals surface area contributed by atoms with Gasteiger partial charge in [0.05, 0.1) is 12.2 Å². The molecule has 230 valence electrons. The summed E-state index contributed by atoms with van der Waals surface area (Å²) in [5.41, 5.74) is 9.50. The van der Waals surface area contributed by atoms with Gasteiger partial charge in [-0.1, -0.05) is 36.4 Å². The largest absolute Gasteiger partial charge is 0.397 e. The maximum absolute atomic E-state index is 13.8. The van der Waals surface area contributed by atoms with Gasteiger partial charge in [-0.05, 0) is 87.0 Å². The number of nitrogens with two attached hydrogens (primary N) is 1. The molecule has 0 radical (unpaired) electrons. The molecule has 3 aromatic rings. The van der Waals surface area contributed by atoms with Gasteiger partial charge in [0, 0.05) is 58.0 Å². The second-order valence-electron chi connectivity index (χ2n) is 10.9. The van der Waals surface area contributed by atoms with Crippen molar-refractivity contribution in [1.29, 1.82) is 0 Å². The zero-order valence-electron chi connectivity index (χ0n) is 24.0. The summed E-state index contributed by atoms with van der Waals surface area (Å²) in [6.45, 7) is 1.34. The zero-order chi connectivity index (χ0) is 31.2. The lowest BCUT2D eigenvalue weighted by Gasteiger charge is -2.39. The van der Waals surface area contributed by atoms with E-state index in [1.807, 2.05) is 59.5 Å². The summed E-state index contributed by atoms with van der Waals surface area (Å²) in [6.07, 6.45) is 1.72. The first-order chi connectivity index (χ1) is 21.2. The molecule has 0 saturated carbocycles. The van der Waals surface area contributed by atoms with Crippen molar-refractivity contribution < 1.29 is 19.2 Å². The Balaban J connectivity index is 1.25. The Morgan fingerprint density at radius 1 is 0.955 bits per heavy atom. The SMILES string of the molecule is Nc1c(Br)cc(C(=O)C[C@@H](NC(=O)CNc2ccccc2)C(=O)N2CCC(N3CCc4ccccc4NC3=O)CC2)cc1Br. The molecular weight excluding hydrogens is 692 g/mol. The number of para-hydroxylation sites is 2. The lowest BCUT2D eigenvalue weighted by atomic mass is 9.99. The molecular formula is C32H34Br2N6O4. The van der Waals surface area contributed by atoms with Crippen molar-refractivity contribution in [1.82, 2.24) is 15.1 Å². The first-order valence-corrected chi connectivity index (χ1v) is 16.1. The van der Waals surface area contributed by atoms with Crippen LogP contribution in [-0.4, -0.2) is 71.7 Å². The molecule has 0 bridgehead atoms. The number of fused-ring (bicyclic) bond motifs is 1. The van der Waals surface area contributed by atoms with E-state index >= 15 is 0 Å². The number of ketones is 1. The third-order valence-corrected chi connectivity index (χ3v) is 9.32. The molecule has 3 aromatic carbocycles. The molecule has 1 atom stereocenters. The monoisotopic (exact) mass is 724 g/mol. The molecule has 1 fully saturated rings. The van der Waals surface area contributed by atoms with Gasteiger partial charge in [-0.25, -0.2) is 4.79 Å². The van der Waals surface area contributed by atoms with Crippen LogP contribution in [0.25, 0.3) is 0 Å². The Morgan fingerprint density at radius 2 is 1.61 bits per heavy atom. The predicted octanol–water partition coefficient (Wildman–Crippen LogP) is 5.04. The van der Waals surface area contributed by atoms with Crippen molar-refractivity contribution in [3.63, 3.8) is 0 Å². The van der Waals surface area contributed by atoms with Crippen LogP contribution < -0.4 is 21.7 Å². The lowest BCUT2D eigenvalue weighted by Crippen LogP contribution is -2.55. The number of carbonyl (C=O) groups is 4. The number of rotatable bonds is 9. The van der Waals surface area contributed by atoms with E-state index < -0.39 is 11.9 Å². The summed E-state index contributed by atoms with van der Waals surface area (Å²) in [5.74, 6) is -1.04. The van der Waals surface area contributed by atoms with E-state index in [9.17, 15) is 19.2 Å². The minimum atomic E-state index is -1.06. The van der Waals surface area contributed by atoms with E-state index in [-0.39, 0.29) is 36.7 Å². The molecule has 5 rings (SSSR count). The summed E-state index contributed by atoms with van der Waals surface area (Å²) in [5, 5.41) is 8.85. The highest BCUT2D eigenvalue weighted by molar-refractivity contribution is 9.11. The van der Waals surface area contributed by atoms with Gasteiger partial charge in [0.15, 0.2) is 5.78 Å². The molecule has 44 heavy (non-hydrogen) atoms. The molecule has 5 N–H and O–H groups in total. The number of hydrogen-bond donors (Lipinski definition) is 4. The Labute approximate surface area is 273 Å². The van der Waals surface area contributed by atoms with Crippen molar-refractivity contribution in [2.24, 2.45) is 0 Å². The van der Waals surface area contributed by atoms with Crippen LogP contribution >= 0.6 is 31.9 Å². The number of hydrogen-bond acceptors (Lipinski definition) is 6. The van der Waals surface area contributed by atoms with Crippen LogP contribution in [0.4, 0.5) is 21.9 Å². The predicted molar refractivity (Wildman–Crippen MR) is 178 cm³/mol. The number of anilines is 3. The molecule has 0 unspecified atom stereocenters. The van der Waals surface area contributed by atoms with Gasteiger partial charge in [0.2, 0.25) is 11.8 Å². The summed E-state index contributed by atoms with van der Waals surface area (Å²) in [7, 11) is 0. The van der Waals surface area contributed by atoms with Crippen molar-refractivity contribution in [2.75, 3.05) is 42.5 Å². The van der Waals surface area contributed by atoms with Crippen LogP contribution in [0.15, 0.2) is 75.7 Å². The molecule has 0 spiro atoms. The molecule has 2 aliphatic rings. The van der Waals surface area contributed by atoms with Gasteiger partial charge in [-0.15, -0.1) is 0 Å². The van der Waals surface area contributed by atoms with Gasteiger partial charge in [-0.3, -0.25) is 14.4 Å². The van der Waals surface area contributed by atoms with Gasteiger partial charge < -0.3 is 31.5 Å². The average molecular weight is 726 g/mol. The number of carbonyl (C=O) groups excluding carboxylic acids is 4. The molecule has 0 aliphatic carbocycles. The fourth-order valence-electron chi connectivity index (χ4n) is 5.59. The van der Waals surface area contributed by atoms with Crippen molar-refractivity contribution in [3.05, 3.63) is 86.8 Å². The van der Waals surface area contributed by atoms with Gasteiger partial charge in [0.1, 0.15) is 6.04 Å².